The predicted octanol–water partition coefficient (Wildman–Crippen LogP) is -2.04. The number of hydrogen-bond acceptors (Lipinski definition) is 1. The molecule has 0 aliphatic rings. The summed E-state index contributed by atoms with van der Waals surface area (Å²) < 4.78 is 0. The zero-order valence-electron chi connectivity index (χ0n) is 3.16. The van der Waals surface area contributed by atoms with Crippen LogP contribution in [0, 0.1) is 0 Å². The average molecular weight is 200 g/mol. The van der Waals surface area contributed by atoms with Gasteiger partial charge in [-0.3, -0.25) is 0 Å². The normalized spacial score (nSPS) is 3.60. The third-order valence-electron chi connectivity index (χ3n) is 0. The van der Waals surface area contributed by atoms with E-state index in [1.807, 2.05) is 0 Å². The van der Waals surface area contributed by atoms with E-state index in [1.54, 1.807) is 0 Å². The minimum absolute atomic E-state index is 0. The first-order chi connectivity index (χ1) is 1.41. The first-order valence-electron chi connectivity index (χ1n) is 0.309. The Balaban J connectivity index is -0.00000000667. The van der Waals surface area contributed by atoms with E-state index in [1.165, 1.54) is 0 Å². The van der Waals surface area contributed by atoms with Crippen molar-refractivity contribution < 1.29 is 31.0 Å². The molecule has 0 aromatic carbocycles. The second-order valence-corrected chi connectivity index (χ2v) is 1.57. The molecule has 0 atom stereocenters. The van der Waals surface area contributed by atoms with Gasteiger partial charge in [0.15, 0.2) is 0 Å². The molecule has 0 rings (SSSR count). The molecule has 0 nitrogen and oxygen atoms in total. The fraction of sp³-hybridized carbons (Fsp3) is 0. The zero-order valence-corrected chi connectivity index (χ0v) is 6.49. The van der Waals surface area contributed by atoms with Crippen LogP contribution in [0.5, 0.6) is 0 Å². The largest absolute Gasteiger partial charge is 1.00 e. The van der Waals surface area contributed by atoms with E-state index in [4.69, 9.17) is 0 Å². The number of halogens is 2. The summed E-state index contributed by atoms with van der Waals surface area (Å²) in [7, 11) is 10.1. The third-order valence-corrected chi connectivity index (χ3v) is 0. The molecular formula is H4Cl2GaNaS. The first kappa shape index (κ1) is 15.6. The molecule has 5 heteroatoms. The second kappa shape index (κ2) is 16.0. The molecular weight excluding hydrogens is 196 g/mol. The number of hydrogen-bond donors (Lipinski definition) is 0. The maximum atomic E-state index is 4.68. The van der Waals surface area contributed by atoms with Crippen LogP contribution in [0.25, 0.3) is 0 Å². The molecule has 0 aliphatic carbocycles. The van der Waals surface area contributed by atoms with Crippen molar-refractivity contribution in [3.63, 3.8) is 0 Å². The fourth-order valence-electron chi connectivity index (χ4n) is 0. The van der Waals surface area contributed by atoms with Gasteiger partial charge in [-0.15, -0.1) is 0 Å². The van der Waals surface area contributed by atoms with Crippen LogP contribution < -0.4 is 29.6 Å². The van der Waals surface area contributed by atoms with Crippen molar-refractivity contribution in [1.82, 2.24) is 0 Å². The van der Waals surface area contributed by atoms with Gasteiger partial charge in [-0.2, -0.15) is 0 Å². The molecule has 0 aromatic rings. The van der Waals surface area contributed by atoms with Crippen molar-refractivity contribution in [3.05, 3.63) is 0 Å². The Morgan fingerprint density at radius 3 is 1.40 bits per heavy atom. The maximum Gasteiger partial charge on any atom is 1.00 e. The van der Waals surface area contributed by atoms with Crippen molar-refractivity contribution in [3.8, 4) is 0 Å². The minimum Gasteiger partial charge on any atom is -1.00 e. The summed E-state index contributed by atoms with van der Waals surface area (Å²) >= 11 is 0. The van der Waals surface area contributed by atoms with Gasteiger partial charge in [-0.1, -0.05) is 0 Å². The van der Waals surface area contributed by atoms with E-state index >= 15 is 0 Å². The smallest absolute Gasteiger partial charge is 1.00 e. The standard InChI is InChI=1S/Cl2S.Ga.Na.4H/c1-3-2;;;;;;/q;;+1;;;;-1. The minimum atomic E-state index is 0. The van der Waals surface area contributed by atoms with Gasteiger partial charge in [-0.25, -0.2) is 0 Å². The third kappa shape index (κ3) is 20.8. The molecule has 0 spiro atoms. The molecule has 0 fully saturated rings. The Labute approximate surface area is 81.2 Å². The van der Waals surface area contributed by atoms with Gasteiger partial charge in [0, 0.05) is 0 Å². The predicted molar refractivity (Wildman–Crippen MR) is 30.3 cm³/mol. The zero-order chi connectivity index (χ0) is 2.71. The Kier molecular flexibility index (Phi) is 50.1. The summed E-state index contributed by atoms with van der Waals surface area (Å²) in [5.74, 6) is 0. The van der Waals surface area contributed by atoms with E-state index in [9.17, 15) is 0 Å². The molecule has 0 saturated carbocycles. The first-order valence-corrected chi connectivity index (χ1v) is 2.78. The summed E-state index contributed by atoms with van der Waals surface area (Å²) in [6, 6.07) is 0. The topological polar surface area (TPSA) is 0 Å². The average Bonchev–Trinajstić information content (AvgIpc) is 0.918. The molecule has 28 valence electrons. The van der Waals surface area contributed by atoms with Gasteiger partial charge >= 0.3 is 49.3 Å². The van der Waals surface area contributed by atoms with Gasteiger partial charge < -0.3 is 1.43 Å². The second-order valence-electron chi connectivity index (χ2n) is 0.0583. The van der Waals surface area contributed by atoms with Gasteiger partial charge in [0.25, 0.3) is 0 Å². The Bertz CT molecular complexity index is 13.5. The van der Waals surface area contributed by atoms with Crippen LogP contribution in [0.1, 0.15) is 1.43 Å². The van der Waals surface area contributed by atoms with E-state index < -0.39 is 0 Å². The van der Waals surface area contributed by atoms with Crippen molar-refractivity contribution in [2.75, 3.05) is 0 Å². The van der Waals surface area contributed by atoms with Crippen molar-refractivity contribution in [1.29, 1.82) is 0 Å². The summed E-state index contributed by atoms with van der Waals surface area (Å²) in [5, 5.41) is 0. The van der Waals surface area contributed by atoms with Gasteiger partial charge in [0.05, 0.1) is 10.2 Å². The molecule has 5 heavy (non-hydrogen) atoms. The van der Waals surface area contributed by atoms with Crippen LogP contribution >= 0.6 is 31.6 Å². The van der Waals surface area contributed by atoms with Crippen LogP contribution in [0.15, 0.2) is 0 Å². The van der Waals surface area contributed by atoms with Gasteiger partial charge in [0.2, 0.25) is 0 Å². The van der Waals surface area contributed by atoms with Crippen LogP contribution in [0.4, 0.5) is 0 Å². The van der Waals surface area contributed by atoms with Crippen molar-refractivity contribution in [2.45, 2.75) is 0 Å². The molecule has 0 amide bonds. The van der Waals surface area contributed by atoms with Crippen LogP contribution in [-0.4, -0.2) is 19.8 Å². The molecule has 0 N–H and O–H groups in total. The SMILES string of the molecule is ClSCl.[GaH3].[H-].[Na+]. The quantitative estimate of drug-likeness (QED) is 0.406. The van der Waals surface area contributed by atoms with Crippen LogP contribution in [-0.2, 0) is 0 Å². The van der Waals surface area contributed by atoms with E-state index in [0.717, 1.165) is 0 Å². The van der Waals surface area contributed by atoms with Crippen molar-refractivity contribution >= 4 is 51.3 Å². The molecule has 0 aliphatic heterocycles. The van der Waals surface area contributed by atoms with E-state index in [0.29, 0.717) is 10.2 Å². The summed E-state index contributed by atoms with van der Waals surface area (Å²) in [5.41, 5.74) is 0. The summed E-state index contributed by atoms with van der Waals surface area (Å²) in [6.45, 7) is 0. The Hall–Kier alpha value is 2.57. The molecule has 0 heterocycles. The molecule has 0 saturated heterocycles. The summed E-state index contributed by atoms with van der Waals surface area (Å²) in [4.78, 5) is 0. The summed E-state index contributed by atoms with van der Waals surface area (Å²) in [6.07, 6.45) is 0. The van der Waals surface area contributed by atoms with E-state index in [-0.39, 0.29) is 50.8 Å². The van der Waals surface area contributed by atoms with Gasteiger partial charge in [-0.05, 0) is 21.4 Å². The van der Waals surface area contributed by atoms with Crippen LogP contribution in [0.3, 0.4) is 0 Å². The number of rotatable bonds is 0. The molecule has 0 radical (unpaired) electrons. The Morgan fingerprint density at radius 1 is 1.40 bits per heavy atom. The maximum absolute atomic E-state index is 4.68. The van der Waals surface area contributed by atoms with Crippen molar-refractivity contribution in [2.24, 2.45) is 0 Å². The monoisotopic (exact) mass is 198 g/mol. The molecule has 0 aromatic heterocycles. The molecule has 0 unspecified atom stereocenters. The van der Waals surface area contributed by atoms with Crippen LogP contribution in [0.2, 0.25) is 0 Å². The van der Waals surface area contributed by atoms with Gasteiger partial charge in [0.1, 0.15) is 0 Å². The fourth-order valence-corrected chi connectivity index (χ4v) is 0. The van der Waals surface area contributed by atoms with E-state index in [2.05, 4.69) is 21.4 Å². The Morgan fingerprint density at radius 2 is 1.40 bits per heavy atom. The molecule has 0 bridgehead atoms.